The molecule has 25 heavy (non-hydrogen) atoms. The molecule has 0 saturated carbocycles. The molecule has 9 nitrogen and oxygen atoms in total. The Labute approximate surface area is 144 Å². The minimum atomic E-state index is -3.95. The molecule has 1 amide bonds. The van der Waals surface area contributed by atoms with E-state index in [0.717, 1.165) is 6.20 Å². The molecule has 2 atom stereocenters. The predicted octanol–water partition coefficient (Wildman–Crippen LogP) is 0.0290. The van der Waals surface area contributed by atoms with Crippen LogP contribution >= 0.6 is 0 Å². The zero-order valence-electron chi connectivity index (χ0n) is 13.6. The van der Waals surface area contributed by atoms with Crippen LogP contribution in [0, 0.1) is 0 Å². The molecule has 1 unspecified atom stereocenters. The number of hydrogen-bond acceptors (Lipinski definition) is 5. The summed E-state index contributed by atoms with van der Waals surface area (Å²) in [5.74, 6) is -2.01. The Bertz CT molecular complexity index is 863. The van der Waals surface area contributed by atoms with Crippen molar-refractivity contribution in [1.82, 2.24) is 19.8 Å². The first-order chi connectivity index (χ1) is 11.7. The van der Waals surface area contributed by atoms with E-state index in [1.807, 2.05) is 0 Å². The largest absolute Gasteiger partial charge is 0.479 e. The van der Waals surface area contributed by atoms with Crippen LogP contribution in [0.5, 0.6) is 0 Å². The number of rotatable bonds is 7. The maximum absolute atomic E-state index is 12.2. The van der Waals surface area contributed by atoms with Crippen molar-refractivity contribution in [2.75, 3.05) is 0 Å². The summed E-state index contributed by atoms with van der Waals surface area (Å²) in [6, 6.07) is 5.68. The summed E-state index contributed by atoms with van der Waals surface area (Å²) < 4.78 is 27.9. The molecular formula is C15H18N4O5S. The number of amides is 1. The third-order valence-corrected chi connectivity index (χ3v) is 4.88. The van der Waals surface area contributed by atoms with E-state index in [1.165, 1.54) is 17.8 Å². The average molecular weight is 366 g/mol. The molecule has 134 valence electrons. The molecule has 0 aliphatic heterocycles. The van der Waals surface area contributed by atoms with Crippen LogP contribution in [-0.4, -0.2) is 41.2 Å². The molecule has 1 heterocycles. The van der Waals surface area contributed by atoms with Crippen LogP contribution in [0.15, 0.2) is 47.6 Å². The summed E-state index contributed by atoms with van der Waals surface area (Å²) in [5.41, 5.74) is 0.380. The van der Waals surface area contributed by atoms with Gasteiger partial charge in [-0.3, -0.25) is 9.48 Å². The van der Waals surface area contributed by atoms with Gasteiger partial charge < -0.3 is 10.4 Å². The van der Waals surface area contributed by atoms with Crippen molar-refractivity contribution in [2.24, 2.45) is 7.05 Å². The number of hydrogen-bond donors (Lipinski definition) is 3. The van der Waals surface area contributed by atoms with E-state index in [1.54, 1.807) is 37.4 Å². The van der Waals surface area contributed by atoms with Crippen molar-refractivity contribution in [3.05, 3.63) is 48.3 Å². The standard InChI is InChI=1S/C15H18N4O5S/c1-10(18-25(23,24)12-8-16-19(2)9-12)14(20)17-13(15(21)22)11-6-4-3-5-7-11/h3-10,13,18H,1-2H3,(H,17,20)(H,21,22)/t10?,13-/m1/s1. The maximum Gasteiger partial charge on any atom is 0.330 e. The van der Waals surface area contributed by atoms with E-state index < -0.39 is 34.0 Å². The quantitative estimate of drug-likeness (QED) is 0.634. The van der Waals surface area contributed by atoms with E-state index in [2.05, 4.69) is 15.1 Å². The van der Waals surface area contributed by atoms with Gasteiger partial charge in [-0.2, -0.15) is 9.82 Å². The van der Waals surface area contributed by atoms with Crippen molar-refractivity contribution < 1.29 is 23.1 Å². The molecular weight excluding hydrogens is 348 g/mol. The van der Waals surface area contributed by atoms with E-state index in [9.17, 15) is 23.1 Å². The molecule has 1 aromatic carbocycles. The highest BCUT2D eigenvalue weighted by molar-refractivity contribution is 7.89. The van der Waals surface area contributed by atoms with Crippen LogP contribution < -0.4 is 10.0 Å². The topological polar surface area (TPSA) is 130 Å². The van der Waals surface area contributed by atoms with Gasteiger partial charge >= 0.3 is 5.97 Å². The van der Waals surface area contributed by atoms with Gasteiger partial charge in [0.05, 0.1) is 12.2 Å². The summed E-state index contributed by atoms with van der Waals surface area (Å²) in [5, 5.41) is 15.4. The third kappa shape index (κ3) is 4.64. The maximum atomic E-state index is 12.2. The number of aryl methyl sites for hydroxylation is 1. The van der Waals surface area contributed by atoms with Crippen LogP contribution in [0.4, 0.5) is 0 Å². The van der Waals surface area contributed by atoms with E-state index >= 15 is 0 Å². The molecule has 0 spiro atoms. The second-order valence-corrected chi connectivity index (χ2v) is 7.10. The SMILES string of the molecule is CC(NS(=O)(=O)c1cnn(C)c1)C(=O)N[C@@H](C(=O)O)c1ccccc1. The minimum absolute atomic E-state index is 0.0903. The molecule has 10 heteroatoms. The first kappa shape index (κ1) is 18.6. The molecule has 0 radical (unpaired) electrons. The Morgan fingerprint density at radius 1 is 1.24 bits per heavy atom. The lowest BCUT2D eigenvalue weighted by molar-refractivity contribution is -0.142. The molecule has 0 aliphatic rings. The number of carbonyl (C=O) groups is 2. The summed E-state index contributed by atoms with van der Waals surface area (Å²) in [6.07, 6.45) is 2.44. The fraction of sp³-hybridized carbons (Fsp3) is 0.267. The number of nitrogens with zero attached hydrogens (tertiary/aromatic N) is 2. The number of nitrogens with one attached hydrogen (secondary N) is 2. The molecule has 0 bridgehead atoms. The normalized spacial score (nSPS) is 13.8. The highest BCUT2D eigenvalue weighted by Crippen LogP contribution is 2.13. The first-order valence-electron chi connectivity index (χ1n) is 7.30. The van der Waals surface area contributed by atoms with Gasteiger partial charge in [0.1, 0.15) is 4.90 Å². The van der Waals surface area contributed by atoms with E-state index in [0.29, 0.717) is 5.56 Å². The van der Waals surface area contributed by atoms with Crippen molar-refractivity contribution in [1.29, 1.82) is 0 Å². The molecule has 2 aromatic rings. The van der Waals surface area contributed by atoms with Crippen LogP contribution in [0.2, 0.25) is 0 Å². The number of carbonyl (C=O) groups excluding carboxylic acids is 1. The van der Waals surface area contributed by atoms with Crippen LogP contribution in [-0.2, 0) is 26.7 Å². The monoisotopic (exact) mass is 366 g/mol. The fourth-order valence-electron chi connectivity index (χ4n) is 2.09. The Hall–Kier alpha value is -2.72. The Balaban J connectivity index is 2.10. The number of carboxylic acids is 1. The number of carboxylic acid groups (broad SMARTS) is 1. The highest BCUT2D eigenvalue weighted by Gasteiger charge is 2.27. The first-order valence-corrected chi connectivity index (χ1v) is 8.78. The molecule has 1 aromatic heterocycles. The van der Waals surface area contributed by atoms with E-state index in [-0.39, 0.29) is 4.90 Å². The lowest BCUT2D eigenvalue weighted by Gasteiger charge is -2.18. The van der Waals surface area contributed by atoms with Gasteiger partial charge in [-0.25, -0.2) is 13.2 Å². The smallest absolute Gasteiger partial charge is 0.330 e. The summed E-state index contributed by atoms with van der Waals surface area (Å²) in [6.45, 7) is 1.33. The number of sulfonamides is 1. The third-order valence-electron chi connectivity index (χ3n) is 3.38. The molecule has 2 rings (SSSR count). The van der Waals surface area contributed by atoms with Crippen LogP contribution in [0.1, 0.15) is 18.5 Å². The molecule has 0 aliphatic carbocycles. The summed E-state index contributed by atoms with van der Waals surface area (Å²) in [7, 11) is -2.38. The number of benzene rings is 1. The van der Waals surface area contributed by atoms with Gasteiger partial charge in [0.15, 0.2) is 6.04 Å². The summed E-state index contributed by atoms with van der Waals surface area (Å²) >= 11 is 0. The summed E-state index contributed by atoms with van der Waals surface area (Å²) in [4.78, 5) is 23.5. The van der Waals surface area contributed by atoms with Crippen molar-refractivity contribution in [3.63, 3.8) is 0 Å². The lowest BCUT2D eigenvalue weighted by atomic mass is 10.1. The van der Waals surface area contributed by atoms with Crippen molar-refractivity contribution in [2.45, 2.75) is 23.9 Å². The Morgan fingerprint density at radius 3 is 2.40 bits per heavy atom. The van der Waals surface area contributed by atoms with E-state index in [4.69, 9.17) is 0 Å². The molecule has 0 fully saturated rings. The number of aliphatic carboxylic acids is 1. The predicted molar refractivity (Wildman–Crippen MR) is 88.0 cm³/mol. The van der Waals surface area contributed by atoms with Gasteiger partial charge in [0.25, 0.3) is 0 Å². The van der Waals surface area contributed by atoms with Gasteiger partial charge in [0, 0.05) is 13.2 Å². The zero-order valence-corrected chi connectivity index (χ0v) is 14.4. The second kappa shape index (κ2) is 7.45. The van der Waals surface area contributed by atoms with Gasteiger partial charge in [-0.15, -0.1) is 0 Å². The lowest BCUT2D eigenvalue weighted by Crippen LogP contribution is -2.47. The fourth-order valence-corrected chi connectivity index (χ4v) is 3.28. The second-order valence-electron chi connectivity index (χ2n) is 5.38. The Morgan fingerprint density at radius 2 is 1.88 bits per heavy atom. The zero-order chi connectivity index (χ0) is 18.6. The van der Waals surface area contributed by atoms with Crippen LogP contribution in [0.3, 0.4) is 0 Å². The van der Waals surface area contributed by atoms with Crippen molar-refractivity contribution in [3.8, 4) is 0 Å². The van der Waals surface area contributed by atoms with Gasteiger partial charge in [0.2, 0.25) is 15.9 Å². The molecule has 0 saturated heterocycles. The molecule has 3 N–H and O–H groups in total. The minimum Gasteiger partial charge on any atom is -0.479 e. The van der Waals surface area contributed by atoms with Crippen LogP contribution in [0.25, 0.3) is 0 Å². The highest BCUT2D eigenvalue weighted by atomic mass is 32.2. The Kier molecular flexibility index (Phi) is 5.55. The van der Waals surface area contributed by atoms with Crippen molar-refractivity contribution >= 4 is 21.9 Å². The average Bonchev–Trinajstić information content (AvgIpc) is 3.00. The number of aromatic nitrogens is 2. The van der Waals surface area contributed by atoms with Gasteiger partial charge in [-0.1, -0.05) is 30.3 Å². The van der Waals surface area contributed by atoms with Gasteiger partial charge in [-0.05, 0) is 12.5 Å².